The van der Waals surface area contributed by atoms with E-state index in [4.69, 9.17) is 9.05 Å². The van der Waals surface area contributed by atoms with Gasteiger partial charge in [-0.05, 0) is 18.6 Å². The molecule has 0 spiro atoms. The lowest BCUT2D eigenvalue weighted by atomic mass is 10.1. The predicted molar refractivity (Wildman–Crippen MR) is 87.3 cm³/mol. The van der Waals surface area contributed by atoms with Gasteiger partial charge in [0.1, 0.15) is 0 Å². The van der Waals surface area contributed by atoms with Gasteiger partial charge in [-0.3, -0.25) is 4.79 Å². The van der Waals surface area contributed by atoms with E-state index in [1.54, 1.807) is 6.07 Å². The monoisotopic (exact) mass is 326 g/mol. The van der Waals surface area contributed by atoms with E-state index in [-0.39, 0.29) is 18.2 Å². The quantitative estimate of drug-likeness (QED) is 0.746. The number of benzene rings is 1. The van der Waals surface area contributed by atoms with Gasteiger partial charge in [0.15, 0.2) is 5.82 Å². The standard InChI is InChI=1S/C17H18N4O3/c1-3-11(2)13-9-14(23-20-13)17-19-15(21-24-17)10-16(22)18-12-7-5-4-6-8-12/h4-9,11H,3,10H2,1-2H3,(H,18,22)/t11-/m0/s1. The maximum atomic E-state index is 12.0. The van der Waals surface area contributed by atoms with Gasteiger partial charge in [0, 0.05) is 17.7 Å². The van der Waals surface area contributed by atoms with Crippen molar-refractivity contribution in [1.82, 2.24) is 15.3 Å². The van der Waals surface area contributed by atoms with Crippen molar-refractivity contribution in [1.29, 1.82) is 0 Å². The Bertz CT molecular complexity index is 810. The topological polar surface area (TPSA) is 94.1 Å². The minimum atomic E-state index is -0.216. The SMILES string of the molecule is CC[C@H](C)c1cc(-c2nc(CC(=O)Nc3ccccc3)no2)on1. The number of hydrogen-bond acceptors (Lipinski definition) is 6. The molecule has 0 aliphatic rings. The molecule has 24 heavy (non-hydrogen) atoms. The van der Waals surface area contributed by atoms with E-state index in [0.717, 1.165) is 17.8 Å². The number of para-hydroxylation sites is 1. The average molecular weight is 326 g/mol. The predicted octanol–water partition coefficient (Wildman–Crippen LogP) is 3.42. The molecule has 0 saturated heterocycles. The molecule has 0 bridgehead atoms. The van der Waals surface area contributed by atoms with Crippen LogP contribution >= 0.6 is 0 Å². The van der Waals surface area contributed by atoms with Crippen LogP contribution in [0.5, 0.6) is 0 Å². The highest BCUT2D eigenvalue weighted by molar-refractivity contribution is 5.91. The summed E-state index contributed by atoms with van der Waals surface area (Å²) in [6.07, 6.45) is 0.978. The van der Waals surface area contributed by atoms with Gasteiger partial charge in [0.2, 0.25) is 11.7 Å². The number of aromatic nitrogens is 3. The molecule has 0 radical (unpaired) electrons. The largest absolute Gasteiger partial charge is 0.351 e. The lowest BCUT2D eigenvalue weighted by molar-refractivity contribution is -0.115. The van der Waals surface area contributed by atoms with Crippen LogP contribution in [0.2, 0.25) is 0 Å². The van der Waals surface area contributed by atoms with E-state index in [0.29, 0.717) is 17.5 Å². The summed E-state index contributed by atoms with van der Waals surface area (Å²) in [6, 6.07) is 11.0. The highest BCUT2D eigenvalue weighted by atomic mass is 16.5. The van der Waals surface area contributed by atoms with Crippen molar-refractivity contribution >= 4 is 11.6 Å². The molecule has 0 saturated carbocycles. The van der Waals surface area contributed by atoms with Crippen molar-refractivity contribution in [3.05, 3.63) is 47.9 Å². The molecule has 2 aromatic heterocycles. The molecule has 124 valence electrons. The molecule has 3 rings (SSSR count). The van der Waals surface area contributed by atoms with Crippen LogP contribution in [0.3, 0.4) is 0 Å². The van der Waals surface area contributed by atoms with E-state index in [2.05, 4.69) is 34.5 Å². The fourth-order valence-corrected chi connectivity index (χ4v) is 2.13. The van der Waals surface area contributed by atoms with E-state index >= 15 is 0 Å². The molecule has 0 aliphatic carbocycles. The zero-order valence-corrected chi connectivity index (χ0v) is 13.5. The summed E-state index contributed by atoms with van der Waals surface area (Å²) in [5.41, 5.74) is 1.56. The lowest BCUT2D eigenvalue weighted by Crippen LogP contribution is -2.15. The van der Waals surface area contributed by atoms with Crippen LogP contribution in [0, 0.1) is 0 Å². The number of carbonyl (C=O) groups excluding carboxylic acids is 1. The van der Waals surface area contributed by atoms with Crippen molar-refractivity contribution in [2.24, 2.45) is 0 Å². The Balaban J connectivity index is 1.65. The molecule has 7 heteroatoms. The van der Waals surface area contributed by atoms with Crippen molar-refractivity contribution in [3.63, 3.8) is 0 Å². The minimum absolute atomic E-state index is 0.0186. The number of rotatable bonds is 6. The number of nitrogens with one attached hydrogen (secondary N) is 1. The van der Waals surface area contributed by atoms with Crippen molar-refractivity contribution in [2.45, 2.75) is 32.6 Å². The van der Waals surface area contributed by atoms with Crippen LogP contribution < -0.4 is 5.32 Å². The molecule has 2 heterocycles. The number of carbonyl (C=O) groups is 1. The van der Waals surface area contributed by atoms with Crippen LogP contribution in [-0.4, -0.2) is 21.2 Å². The molecule has 1 N–H and O–H groups in total. The van der Waals surface area contributed by atoms with E-state index < -0.39 is 0 Å². The normalized spacial score (nSPS) is 12.1. The summed E-state index contributed by atoms with van der Waals surface area (Å²) in [5.74, 6) is 1.000. The number of anilines is 1. The van der Waals surface area contributed by atoms with Crippen LogP contribution in [0.1, 0.15) is 37.7 Å². The minimum Gasteiger partial charge on any atom is -0.351 e. The third kappa shape index (κ3) is 3.68. The van der Waals surface area contributed by atoms with Crippen molar-refractivity contribution in [3.8, 4) is 11.7 Å². The first kappa shape index (κ1) is 15.9. The Hall–Kier alpha value is -2.96. The molecule has 3 aromatic rings. The molecule has 0 unspecified atom stereocenters. The Morgan fingerprint density at radius 3 is 2.75 bits per heavy atom. The Labute approximate surface area is 139 Å². The first-order valence-electron chi connectivity index (χ1n) is 7.80. The first-order chi connectivity index (χ1) is 11.7. The zero-order chi connectivity index (χ0) is 16.9. The average Bonchev–Trinajstić information content (AvgIpc) is 3.24. The Morgan fingerprint density at radius 1 is 1.21 bits per heavy atom. The maximum absolute atomic E-state index is 12.0. The number of nitrogens with zero attached hydrogens (tertiary/aromatic N) is 3. The Morgan fingerprint density at radius 2 is 2.00 bits per heavy atom. The van der Waals surface area contributed by atoms with Crippen LogP contribution in [-0.2, 0) is 11.2 Å². The summed E-state index contributed by atoms with van der Waals surface area (Å²) in [7, 11) is 0. The Kier molecular flexibility index (Phi) is 4.69. The molecule has 0 fully saturated rings. The summed E-state index contributed by atoms with van der Waals surface area (Å²) in [6.45, 7) is 4.14. The van der Waals surface area contributed by atoms with Gasteiger partial charge in [-0.15, -0.1) is 0 Å². The zero-order valence-electron chi connectivity index (χ0n) is 13.5. The van der Waals surface area contributed by atoms with Gasteiger partial charge in [-0.1, -0.05) is 42.4 Å². The highest BCUT2D eigenvalue weighted by Crippen LogP contribution is 2.24. The molecule has 1 amide bonds. The second-order valence-electron chi connectivity index (χ2n) is 5.53. The summed E-state index contributed by atoms with van der Waals surface area (Å²) < 4.78 is 10.4. The third-order valence-corrected chi connectivity index (χ3v) is 3.70. The van der Waals surface area contributed by atoms with Crippen LogP contribution in [0.25, 0.3) is 11.7 Å². The lowest BCUT2D eigenvalue weighted by Gasteiger charge is -2.01. The molecular weight excluding hydrogens is 308 g/mol. The summed E-state index contributed by atoms with van der Waals surface area (Å²) in [4.78, 5) is 16.2. The first-order valence-corrected chi connectivity index (χ1v) is 7.80. The van der Waals surface area contributed by atoms with E-state index in [1.165, 1.54) is 0 Å². The second-order valence-corrected chi connectivity index (χ2v) is 5.53. The van der Waals surface area contributed by atoms with Gasteiger partial charge >= 0.3 is 0 Å². The second kappa shape index (κ2) is 7.08. The summed E-state index contributed by atoms with van der Waals surface area (Å²) in [5, 5.41) is 10.6. The van der Waals surface area contributed by atoms with Gasteiger partial charge in [0.05, 0.1) is 12.1 Å². The smallest absolute Gasteiger partial charge is 0.296 e. The van der Waals surface area contributed by atoms with Crippen molar-refractivity contribution < 1.29 is 13.8 Å². The summed E-state index contributed by atoms with van der Waals surface area (Å²) >= 11 is 0. The molecule has 7 nitrogen and oxygen atoms in total. The molecule has 1 atom stereocenters. The molecule has 0 aliphatic heterocycles. The van der Waals surface area contributed by atoms with Gasteiger partial charge in [-0.25, -0.2) is 0 Å². The van der Waals surface area contributed by atoms with E-state index in [9.17, 15) is 4.79 Å². The number of amides is 1. The fraction of sp³-hybridized carbons (Fsp3) is 0.294. The number of hydrogen-bond donors (Lipinski definition) is 1. The fourth-order valence-electron chi connectivity index (χ4n) is 2.13. The van der Waals surface area contributed by atoms with Gasteiger partial charge in [0.25, 0.3) is 5.89 Å². The molecular formula is C17H18N4O3. The highest BCUT2D eigenvalue weighted by Gasteiger charge is 2.18. The third-order valence-electron chi connectivity index (χ3n) is 3.70. The van der Waals surface area contributed by atoms with Crippen LogP contribution in [0.15, 0.2) is 45.4 Å². The van der Waals surface area contributed by atoms with Crippen molar-refractivity contribution in [2.75, 3.05) is 5.32 Å². The van der Waals surface area contributed by atoms with Crippen LogP contribution in [0.4, 0.5) is 5.69 Å². The van der Waals surface area contributed by atoms with Gasteiger partial charge in [-0.2, -0.15) is 4.98 Å². The van der Waals surface area contributed by atoms with Gasteiger partial charge < -0.3 is 14.4 Å². The van der Waals surface area contributed by atoms with E-state index in [1.807, 2.05) is 30.3 Å². The molecule has 1 aromatic carbocycles. The maximum Gasteiger partial charge on any atom is 0.296 e.